The minimum absolute atomic E-state index is 0.0238. The molecule has 3 unspecified atom stereocenters. The van der Waals surface area contributed by atoms with E-state index in [4.69, 9.17) is 9.47 Å². The van der Waals surface area contributed by atoms with Gasteiger partial charge in [0.05, 0.1) is 17.7 Å². The third-order valence-corrected chi connectivity index (χ3v) is 6.89. The number of thiophene rings is 1. The Kier molecular flexibility index (Phi) is 6.03. The number of carbonyl (C=O) groups is 1. The highest BCUT2D eigenvalue weighted by molar-refractivity contribution is 7.10. The molecule has 2 aromatic rings. The average Bonchev–Trinajstić information content (AvgIpc) is 3.34. The fourth-order valence-electron chi connectivity index (χ4n) is 4.41. The molecule has 1 saturated heterocycles. The van der Waals surface area contributed by atoms with E-state index in [1.165, 1.54) is 0 Å². The second kappa shape index (κ2) is 8.45. The Balaban J connectivity index is 1.61. The Labute approximate surface area is 188 Å². The van der Waals surface area contributed by atoms with Crippen LogP contribution in [0.25, 0.3) is 0 Å². The molecule has 3 heterocycles. The first-order chi connectivity index (χ1) is 14.6. The maximum absolute atomic E-state index is 12.9. The quantitative estimate of drug-likeness (QED) is 0.727. The van der Waals surface area contributed by atoms with Gasteiger partial charge in [-0.05, 0) is 47.9 Å². The van der Waals surface area contributed by atoms with E-state index in [0.29, 0.717) is 19.4 Å². The Morgan fingerprint density at radius 2 is 2.06 bits per heavy atom. The van der Waals surface area contributed by atoms with Gasteiger partial charge in [0.25, 0.3) is 0 Å². The molecule has 4 rings (SSSR count). The highest BCUT2D eigenvalue weighted by Crippen LogP contribution is 2.41. The maximum atomic E-state index is 12.9. The second-order valence-electron chi connectivity index (χ2n) is 10.0. The number of hydrogen-bond acceptors (Lipinski definition) is 6. The van der Waals surface area contributed by atoms with Gasteiger partial charge in [0.2, 0.25) is 12.7 Å². The van der Waals surface area contributed by atoms with Crippen molar-refractivity contribution in [3.8, 4) is 11.5 Å². The SMILES string of the molecule is CC(C)(C)CC(=O)NC1C(c2cccs2)N(Cc2ccc3c(c2)OCO3)CCC1(C)O. The van der Waals surface area contributed by atoms with Gasteiger partial charge in [0.1, 0.15) is 0 Å². The van der Waals surface area contributed by atoms with Gasteiger partial charge in [0, 0.05) is 24.4 Å². The summed E-state index contributed by atoms with van der Waals surface area (Å²) >= 11 is 1.66. The van der Waals surface area contributed by atoms with Crippen molar-refractivity contribution in [2.24, 2.45) is 5.41 Å². The zero-order valence-corrected chi connectivity index (χ0v) is 19.5. The lowest BCUT2D eigenvalue weighted by Gasteiger charge is -2.49. The molecule has 1 aromatic carbocycles. The molecule has 0 radical (unpaired) electrons. The van der Waals surface area contributed by atoms with E-state index in [1.807, 2.05) is 51.3 Å². The summed E-state index contributed by atoms with van der Waals surface area (Å²) in [7, 11) is 0. The molecular weight excluding hydrogens is 412 g/mol. The summed E-state index contributed by atoms with van der Waals surface area (Å²) in [4.78, 5) is 16.3. The van der Waals surface area contributed by atoms with Crippen molar-refractivity contribution >= 4 is 17.2 Å². The van der Waals surface area contributed by atoms with Gasteiger partial charge in [0.15, 0.2) is 11.5 Å². The summed E-state index contributed by atoms with van der Waals surface area (Å²) in [6.45, 7) is 9.67. The molecule has 3 atom stereocenters. The van der Waals surface area contributed by atoms with Crippen LogP contribution in [0.5, 0.6) is 11.5 Å². The van der Waals surface area contributed by atoms with E-state index in [-0.39, 0.29) is 24.2 Å². The molecule has 0 saturated carbocycles. The fourth-order valence-corrected chi connectivity index (χ4v) is 5.31. The van der Waals surface area contributed by atoms with Crippen molar-refractivity contribution in [1.82, 2.24) is 10.2 Å². The van der Waals surface area contributed by atoms with Crippen LogP contribution < -0.4 is 14.8 Å². The van der Waals surface area contributed by atoms with Crippen molar-refractivity contribution < 1.29 is 19.4 Å². The standard InChI is InChI=1S/C24H32N2O4S/c1-23(2,3)13-20(27)25-22-21(19-6-5-11-31-19)26(10-9-24(22,4)28)14-16-7-8-17-18(12-16)30-15-29-17/h5-8,11-12,21-22,28H,9-10,13-15H2,1-4H3,(H,25,27). The molecule has 0 aliphatic carbocycles. The molecule has 168 valence electrons. The number of hydrogen-bond donors (Lipinski definition) is 2. The molecular formula is C24H32N2O4S. The Morgan fingerprint density at radius 3 is 2.77 bits per heavy atom. The van der Waals surface area contributed by atoms with E-state index in [2.05, 4.69) is 22.3 Å². The zero-order chi connectivity index (χ0) is 22.2. The van der Waals surface area contributed by atoms with Gasteiger partial charge >= 0.3 is 0 Å². The van der Waals surface area contributed by atoms with Crippen LogP contribution in [-0.2, 0) is 11.3 Å². The number of fused-ring (bicyclic) bond motifs is 1. The van der Waals surface area contributed by atoms with E-state index in [1.54, 1.807) is 11.3 Å². The molecule has 7 heteroatoms. The molecule has 2 aliphatic heterocycles. The van der Waals surface area contributed by atoms with Crippen LogP contribution in [0.15, 0.2) is 35.7 Å². The first kappa shape index (κ1) is 22.1. The monoisotopic (exact) mass is 444 g/mol. The van der Waals surface area contributed by atoms with Crippen molar-refractivity contribution in [3.05, 3.63) is 46.2 Å². The Bertz CT molecular complexity index is 920. The third-order valence-electron chi connectivity index (χ3n) is 5.95. The van der Waals surface area contributed by atoms with Crippen LogP contribution in [0.2, 0.25) is 0 Å². The molecule has 0 bridgehead atoms. The molecule has 0 spiro atoms. The number of rotatable bonds is 5. The predicted octanol–water partition coefficient (Wildman–Crippen LogP) is 4.10. The van der Waals surface area contributed by atoms with Crippen molar-refractivity contribution in [3.63, 3.8) is 0 Å². The summed E-state index contributed by atoms with van der Waals surface area (Å²) < 4.78 is 11.0. The van der Waals surface area contributed by atoms with E-state index in [9.17, 15) is 9.90 Å². The number of aliphatic hydroxyl groups is 1. The van der Waals surface area contributed by atoms with E-state index in [0.717, 1.165) is 28.5 Å². The number of amides is 1. The highest BCUT2D eigenvalue weighted by atomic mass is 32.1. The Morgan fingerprint density at radius 1 is 1.29 bits per heavy atom. The normalized spacial score (nSPS) is 26.1. The van der Waals surface area contributed by atoms with Crippen LogP contribution >= 0.6 is 11.3 Å². The van der Waals surface area contributed by atoms with Gasteiger partial charge < -0.3 is 19.9 Å². The molecule has 1 aromatic heterocycles. The van der Waals surface area contributed by atoms with Crippen molar-refractivity contribution in [2.45, 2.75) is 64.8 Å². The van der Waals surface area contributed by atoms with E-state index >= 15 is 0 Å². The molecule has 31 heavy (non-hydrogen) atoms. The van der Waals surface area contributed by atoms with Gasteiger partial charge in [-0.3, -0.25) is 9.69 Å². The summed E-state index contributed by atoms with van der Waals surface area (Å²) in [6, 6.07) is 9.62. The number of benzene rings is 1. The van der Waals surface area contributed by atoms with Gasteiger partial charge in [-0.2, -0.15) is 0 Å². The zero-order valence-electron chi connectivity index (χ0n) is 18.7. The van der Waals surface area contributed by atoms with Gasteiger partial charge in [-0.25, -0.2) is 0 Å². The summed E-state index contributed by atoms with van der Waals surface area (Å²) in [6.07, 6.45) is 0.999. The van der Waals surface area contributed by atoms with Crippen LogP contribution in [0.4, 0.5) is 0 Å². The van der Waals surface area contributed by atoms with Gasteiger partial charge in [-0.1, -0.05) is 32.9 Å². The predicted molar refractivity (Wildman–Crippen MR) is 121 cm³/mol. The van der Waals surface area contributed by atoms with Gasteiger partial charge in [-0.15, -0.1) is 11.3 Å². The smallest absolute Gasteiger partial charge is 0.231 e. The summed E-state index contributed by atoms with van der Waals surface area (Å²) in [5.74, 6) is 1.51. The van der Waals surface area contributed by atoms with E-state index < -0.39 is 11.6 Å². The number of carbonyl (C=O) groups excluding carboxylic acids is 1. The number of ether oxygens (including phenoxy) is 2. The molecule has 6 nitrogen and oxygen atoms in total. The maximum Gasteiger partial charge on any atom is 0.231 e. The largest absolute Gasteiger partial charge is 0.454 e. The highest BCUT2D eigenvalue weighted by Gasteiger charge is 2.46. The Hall–Kier alpha value is -2.09. The number of nitrogens with one attached hydrogen (secondary N) is 1. The van der Waals surface area contributed by atoms with Crippen LogP contribution in [-0.4, -0.2) is 40.9 Å². The van der Waals surface area contributed by atoms with Crippen molar-refractivity contribution in [2.75, 3.05) is 13.3 Å². The third kappa shape index (κ3) is 5.05. The first-order valence-corrected chi connectivity index (χ1v) is 11.7. The molecule has 1 fully saturated rings. The topological polar surface area (TPSA) is 71.0 Å². The molecule has 2 aliphatic rings. The molecule has 2 N–H and O–H groups in total. The average molecular weight is 445 g/mol. The van der Waals surface area contributed by atoms with Crippen LogP contribution in [0, 0.1) is 5.41 Å². The number of likely N-dealkylation sites (tertiary alicyclic amines) is 1. The summed E-state index contributed by atoms with van der Waals surface area (Å²) in [5.41, 5.74) is 0.00937. The lowest BCUT2D eigenvalue weighted by Crippen LogP contribution is -2.62. The van der Waals surface area contributed by atoms with Crippen LogP contribution in [0.1, 0.15) is 57.0 Å². The lowest BCUT2D eigenvalue weighted by atomic mass is 9.81. The lowest BCUT2D eigenvalue weighted by molar-refractivity contribution is -0.130. The summed E-state index contributed by atoms with van der Waals surface area (Å²) in [5, 5.41) is 16.5. The number of piperidine rings is 1. The minimum atomic E-state index is -0.992. The first-order valence-electron chi connectivity index (χ1n) is 10.8. The van der Waals surface area contributed by atoms with Crippen molar-refractivity contribution in [1.29, 1.82) is 0 Å². The fraction of sp³-hybridized carbons (Fsp3) is 0.542. The second-order valence-corrected chi connectivity index (χ2v) is 11.0. The minimum Gasteiger partial charge on any atom is -0.454 e. The van der Waals surface area contributed by atoms with Crippen LogP contribution in [0.3, 0.4) is 0 Å². The number of nitrogens with zero attached hydrogens (tertiary/aromatic N) is 1. The molecule has 1 amide bonds.